The van der Waals surface area contributed by atoms with E-state index in [1.165, 1.54) is 17.0 Å². The summed E-state index contributed by atoms with van der Waals surface area (Å²) in [5.74, 6) is -1.08. The monoisotopic (exact) mass is 449 g/mol. The van der Waals surface area contributed by atoms with Gasteiger partial charge in [0.2, 0.25) is 11.8 Å². The van der Waals surface area contributed by atoms with Gasteiger partial charge < -0.3 is 30.5 Å². The molecule has 32 heavy (non-hydrogen) atoms. The number of aromatic hydroxyl groups is 1. The zero-order valence-corrected chi connectivity index (χ0v) is 19.6. The number of rotatable bonds is 9. The van der Waals surface area contributed by atoms with Crippen LogP contribution in [-0.2, 0) is 14.3 Å². The van der Waals surface area contributed by atoms with Gasteiger partial charge in [-0.15, -0.1) is 6.58 Å². The lowest BCUT2D eigenvalue weighted by Crippen LogP contribution is -2.54. The van der Waals surface area contributed by atoms with Gasteiger partial charge in [0.1, 0.15) is 23.4 Å². The number of phenolic OH excluding ortho intramolecular Hbond substituents is 1. The molecule has 0 aliphatic heterocycles. The van der Waals surface area contributed by atoms with Crippen molar-refractivity contribution in [3.63, 3.8) is 0 Å². The molecule has 9 nitrogen and oxygen atoms in total. The number of carbonyl (C=O) groups excluding carboxylic acids is 3. The van der Waals surface area contributed by atoms with Gasteiger partial charge in [-0.3, -0.25) is 9.59 Å². The average molecular weight is 450 g/mol. The molecule has 0 aromatic heterocycles. The minimum absolute atomic E-state index is 0.0264. The smallest absolute Gasteiger partial charge is 0.408 e. The standard InChI is InChI=1S/C23H35N3O6/c1-8-11-26(21(30)17(13-27)25-22(31)32-23(5,6)7)19(20(29)24-14(2)3)16-9-10-18(28)15(4)12-16/h8-10,12,14,17,19,27-28H,1,11,13H2,2-7H3,(H,24,29)(H,25,31). The first-order valence-corrected chi connectivity index (χ1v) is 10.4. The predicted octanol–water partition coefficient (Wildman–Crippen LogP) is 2.17. The van der Waals surface area contributed by atoms with Gasteiger partial charge >= 0.3 is 6.09 Å². The van der Waals surface area contributed by atoms with Crippen molar-refractivity contribution in [3.8, 4) is 5.75 Å². The van der Waals surface area contributed by atoms with Gasteiger partial charge in [-0.25, -0.2) is 4.79 Å². The zero-order chi connectivity index (χ0) is 24.6. The number of amides is 3. The van der Waals surface area contributed by atoms with E-state index in [0.717, 1.165) is 0 Å². The van der Waals surface area contributed by atoms with Gasteiger partial charge in [0.25, 0.3) is 0 Å². The normalized spacial score (nSPS) is 13.1. The number of aliphatic hydroxyl groups is 1. The Morgan fingerprint density at radius 1 is 1.22 bits per heavy atom. The second-order valence-corrected chi connectivity index (χ2v) is 8.77. The van der Waals surface area contributed by atoms with Crippen LogP contribution in [0.15, 0.2) is 30.9 Å². The molecule has 0 saturated carbocycles. The van der Waals surface area contributed by atoms with Crippen LogP contribution >= 0.6 is 0 Å². The molecule has 0 heterocycles. The van der Waals surface area contributed by atoms with Crippen LogP contribution in [0.5, 0.6) is 5.75 Å². The SMILES string of the molecule is C=CCN(C(=O)C(CO)NC(=O)OC(C)(C)C)C(C(=O)NC(C)C)c1ccc(O)c(C)c1. The highest BCUT2D eigenvalue weighted by atomic mass is 16.6. The van der Waals surface area contributed by atoms with E-state index >= 15 is 0 Å². The average Bonchev–Trinajstić information content (AvgIpc) is 2.66. The number of alkyl carbamates (subject to hydrolysis) is 1. The maximum absolute atomic E-state index is 13.3. The first-order chi connectivity index (χ1) is 14.8. The molecule has 0 aliphatic carbocycles. The van der Waals surface area contributed by atoms with Crippen LogP contribution in [0.4, 0.5) is 4.79 Å². The fourth-order valence-corrected chi connectivity index (χ4v) is 2.98. The minimum Gasteiger partial charge on any atom is -0.508 e. The van der Waals surface area contributed by atoms with Gasteiger partial charge in [0, 0.05) is 12.6 Å². The lowest BCUT2D eigenvalue weighted by molar-refractivity contribution is -0.142. The van der Waals surface area contributed by atoms with E-state index in [4.69, 9.17) is 4.74 Å². The van der Waals surface area contributed by atoms with Crippen molar-refractivity contribution in [3.05, 3.63) is 42.0 Å². The minimum atomic E-state index is -1.34. The number of benzene rings is 1. The Hall–Kier alpha value is -3.07. The first-order valence-electron chi connectivity index (χ1n) is 10.4. The molecular formula is C23H35N3O6. The summed E-state index contributed by atoms with van der Waals surface area (Å²) >= 11 is 0. The van der Waals surface area contributed by atoms with E-state index in [-0.39, 0.29) is 18.3 Å². The molecular weight excluding hydrogens is 414 g/mol. The van der Waals surface area contributed by atoms with Gasteiger partial charge in [-0.05, 0) is 64.8 Å². The summed E-state index contributed by atoms with van der Waals surface area (Å²) in [7, 11) is 0. The van der Waals surface area contributed by atoms with Crippen molar-refractivity contribution in [1.29, 1.82) is 0 Å². The molecule has 0 radical (unpaired) electrons. The Kier molecular flexibility index (Phi) is 9.71. The zero-order valence-electron chi connectivity index (χ0n) is 19.6. The Balaban J connectivity index is 3.37. The molecule has 1 rings (SSSR count). The summed E-state index contributed by atoms with van der Waals surface area (Å²) in [4.78, 5) is 39.8. The second-order valence-electron chi connectivity index (χ2n) is 8.77. The van der Waals surface area contributed by atoms with Crippen molar-refractivity contribution in [2.45, 2.75) is 65.3 Å². The van der Waals surface area contributed by atoms with Crippen molar-refractivity contribution >= 4 is 17.9 Å². The van der Waals surface area contributed by atoms with Gasteiger partial charge in [-0.2, -0.15) is 0 Å². The number of carbonyl (C=O) groups is 3. The predicted molar refractivity (Wildman–Crippen MR) is 121 cm³/mol. The number of hydrogen-bond acceptors (Lipinski definition) is 6. The first kappa shape index (κ1) is 27.0. The summed E-state index contributed by atoms with van der Waals surface area (Å²) in [5.41, 5.74) is 0.195. The molecule has 0 aliphatic rings. The molecule has 178 valence electrons. The summed E-state index contributed by atoms with van der Waals surface area (Å²) in [6.45, 7) is 13.2. The Morgan fingerprint density at radius 3 is 2.31 bits per heavy atom. The maximum Gasteiger partial charge on any atom is 0.408 e. The van der Waals surface area contributed by atoms with E-state index in [1.807, 2.05) is 0 Å². The maximum atomic E-state index is 13.3. The summed E-state index contributed by atoms with van der Waals surface area (Å²) in [6.07, 6.45) is 0.579. The van der Waals surface area contributed by atoms with Crippen LogP contribution in [0.1, 0.15) is 51.8 Å². The van der Waals surface area contributed by atoms with E-state index < -0.39 is 42.2 Å². The van der Waals surface area contributed by atoms with Crippen LogP contribution in [-0.4, -0.2) is 63.9 Å². The van der Waals surface area contributed by atoms with E-state index in [9.17, 15) is 24.6 Å². The van der Waals surface area contributed by atoms with Crippen LogP contribution in [0, 0.1) is 6.92 Å². The highest BCUT2D eigenvalue weighted by Crippen LogP contribution is 2.27. The number of ether oxygens (including phenoxy) is 1. The molecule has 1 aromatic rings. The third kappa shape index (κ3) is 7.88. The van der Waals surface area contributed by atoms with Crippen LogP contribution in [0.3, 0.4) is 0 Å². The van der Waals surface area contributed by atoms with Crippen LogP contribution in [0.2, 0.25) is 0 Å². The third-order valence-electron chi connectivity index (χ3n) is 4.31. The largest absolute Gasteiger partial charge is 0.508 e. The summed E-state index contributed by atoms with van der Waals surface area (Å²) in [6, 6.07) is 1.98. The fraction of sp³-hybridized carbons (Fsp3) is 0.522. The van der Waals surface area contributed by atoms with Crippen molar-refractivity contribution in [1.82, 2.24) is 15.5 Å². The van der Waals surface area contributed by atoms with E-state index in [2.05, 4.69) is 17.2 Å². The number of phenols is 1. The van der Waals surface area contributed by atoms with Gasteiger partial charge in [-0.1, -0.05) is 12.1 Å². The third-order valence-corrected chi connectivity index (χ3v) is 4.31. The number of aliphatic hydroxyl groups excluding tert-OH is 1. The number of hydrogen-bond donors (Lipinski definition) is 4. The Bertz CT molecular complexity index is 832. The van der Waals surface area contributed by atoms with E-state index in [0.29, 0.717) is 11.1 Å². The second kappa shape index (κ2) is 11.5. The molecule has 0 saturated heterocycles. The molecule has 2 unspecified atom stereocenters. The van der Waals surface area contributed by atoms with Crippen molar-refractivity contribution < 1.29 is 29.3 Å². The molecule has 1 aromatic carbocycles. The Morgan fingerprint density at radius 2 is 1.84 bits per heavy atom. The van der Waals surface area contributed by atoms with Crippen LogP contribution < -0.4 is 10.6 Å². The molecule has 4 N–H and O–H groups in total. The highest BCUT2D eigenvalue weighted by Gasteiger charge is 2.36. The lowest BCUT2D eigenvalue weighted by atomic mass is 10.00. The van der Waals surface area contributed by atoms with E-state index in [1.54, 1.807) is 53.7 Å². The lowest BCUT2D eigenvalue weighted by Gasteiger charge is -2.34. The summed E-state index contributed by atoms with van der Waals surface area (Å²) < 4.78 is 5.17. The highest BCUT2D eigenvalue weighted by molar-refractivity contribution is 5.92. The molecule has 0 spiro atoms. The topological polar surface area (TPSA) is 128 Å². The van der Waals surface area contributed by atoms with Gasteiger partial charge in [0.15, 0.2) is 0 Å². The molecule has 0 fully saturated rings. The quantitative estimate of drug-likeness (QED) is 0.428. The molecule has 3 amide bonds. The van der Waals surface area contributed by atoms with Crippen molar-refractivity contribution in [2.24, 2.45) is 0 Å². The fourth-order valence-electron chi connectivity index (χ4n) is 2.98. The summed E-state index contributed by atoms with van der Waals surface area (Å²) in [5, 5.41) is 24.8. The van der Waals surface area contributed by atoms with Gasteiger partial charge in [0.05, 0.1) is 6.61 Å². The number of nitrogens with zero attached hydrogens (tertiary/aromatic N) is 1. The number of nitrogens with one attached hydrogen (secondary N) is 2. The van der Waals surface area contributed by atoms with Crippen LogP contribution in [0.25, 0.3) is 0 Å². The molecule has 0 bridgehead atoms. The molecule has 2 atom stereocenters. The van der Waals surface area contributed by atoms with Crippen molar-refractivity contribution in [2.75, 3.05) is 13.2 Å². The molecule has 9 heteroatoms. The number of aryl methyl sites for hydroxylation is 1. The Labute approximate surface area is 189 Å².